The molecule has 1 saturated carbocycles. The van der Waals surface area contributed by atoms with Crippen LogP contribution in [0.15, 0.2) is 0 Å². The number of aliphatic hydroxyl groups is 5. The largest absolute Gasteiger partial charge is 0.469 e. The van der Waals surface area contributed by atoms with Crippen LogP contribution < -0.4 is 10.6 Å². The number of nitrogens with one attached hydrogen (secondary N) is 2. The summed E-state index contributed by atoms with van der Waals surface area (Å²) in [5.74, 6) is -4.50. The van der Waals surface area contributed by atoms with Gasteiger partial charge >= 0.3 is 25.7 Å². The maximum atomic E-state index is 14.9. The van der Waals surface area contributed by atoms with Gasteiger partial charge in [-0.1, -0.05) is 311 Å². The molecule has 0 aromatic heterocycles. The molecule has 2 aliphatic rings. The zero-order valence-electron chi connectivity index (χ0n) is 65.5. The van der Waals surface area contributed by atoms with Gasteiger partial charge in [0.25, 0.3) is 0 Å². The van der Waals surface area contributed by atoms with Gasteiger partial charge in [0.1, 0.15) is 42.7 Å². The maximum absolute atomic E-state index is 14.9. The molecular weight excluding hydrogens is 1340 g/mol. The van der Waals surface area contributed by atoms with Crippen LogP contribution >= 0.6 is 7.82 Å². The van der Waals surface area contributed by atoms with Gasteiger partial charge < -0.3 is 69.6 Å². The summed E-state index contributed by atoms with van der Waals surface area (Å²) in [7, 11) is -5.47. The number of unbranched alkanes of at least 4 members (excludes halogenated alkanes) is 42. The summed E-state index contributed by atoms with van der Waals surface area (Å²) in [6.07, 6.45) is 35.1. The lowest BCUT2D eigenvalue weighted by molar-refractivity contribution is -0.262. The third-order valence-electron chi connectivity index (χ3n) is 20.9. The van der Waals surface area contributed by atoms with Gasteiger partial charge in [0, 0.05) is 25.4 Å². The maximum Gasteiger partial charge on any atom is 0.469 e. The predicted octanol–water partition coefficient (Wildman–Crippen LogP) is 16.9. The molecule has 9 N–H and O–H groups in total. The smallest absolute Gasteiger partial charge is 0.462 e. The van der Waals surface area contributed by atoms with Crippen LogP contribution in [0.5, 0.6) is 0 Å². The highest BCUT2D eigenvalue weighted by Crippen LogP contribution is 2.44. The first-order chi connectivity index (χ1) is 49.8. The molecule has 4 unspecified atom stereocenters. The standard InChI is InChI=1S/C81H153N2O19P/c1-6-11-16-21-26-31-32-37-42-47-52-57-73(89)99-67(55-50-45-40-35-29-24-19-14-9-4)61-74(90)101-80-75(82-71(87)60-66(54-49-44-39-34-28-23-18-13-8-3)98-72(88)56-51-46-41-36-30-25-20-15-10-5)68(58-64(62-84)79(80)102-103(94,95)96)97-63-69-77(91)78(92)76(81(93)100-69)83-70(86)59-65(85)53-48-43-38-33-27-22-17-12-7-2/h64-69,75-81,84-85,91-93H,6-63H2,1-5H3,(H,82,87)(H,83,86)(H2,94,95,96)/t64?,65-,66-,67-,68-,69?,75?,76?,77-,78-,79-,80-,81-/m1/s1. The Hall–Kier alpha value is -2.82. The van der Waals surface area contributed by atoms with Gasteiger partial charge in [-0.15, -0.1) is 0 Å². The van der Waals surface area contributed by atoms with Crippen LogP contribution in [-0.2, 0) is 56.7 Å². The molecule has 1 aliphatic carbocycles. The number of aliphatic hydroxyl groups excluding tert-OH is 5. The molecule has 1 aliphatic heterocycles. The Morgan fingerprint density at radius 1 is 0.437 bits per heavy atom. The van der Waals surface area contributed by atoms with Gasteiger partial charge in [0.15, 0.2) is 12.4 Å². The highest BCUT2D eigenvalue weighted by atomic mass is 31.2. The van der Waals surface area contributed by atoms with Crippen molar-refractivity contribution in [3.05, 3.63) is 0 Å². The average Bonchev–Trinajstić information content (AvgIpc) is 0.783. The Labute approximate surface area is 624 Å². The SMILES string of the molecule is CCCCCCCCCCCCCC(=O)O[C@H](CCCCCCCCCCC)CC(=O)O[C@@H]1C(NC(=O)C[C@@H](CCCCCCCCCCC)OC(=O)CCCCCCCCCCC)[C@H](OCC2O[C@@H](O)C(NC(=O)C[C@H](O)CCCCCCCCCCC)[C@@H](O)[C@@H]2O)CC(CO)[C@H]1OP(=O)(O)O. The minimum atomic E-state index is -5.47. The van der Waals surface area contributed by atoms with Crippen molar-refractivity contribution >= 4 is 37.5 Å². The van der Waals surface area contributed by atoms with Gasteiger partial charge in [-0.2, -0.15) is 0 Å². The summed E-state index contributed by atoms with van der Waals surface area (Å²) >= 11 is 0. The summed E-state index contributed by atoms with van der Waals surface area (Å²) in [5, 5.41) is 61.6. The van der Waals surface area contributed by atoms with Crippen molar-refractivity contribution in [1.82, 2.24) is 10.6 Å². The first kappa shape index (κ1) is 96.3. The van der Waals surface area contributed by atoms with Crippen molar-refractivity contribution in [3.8, 4) is 0 Å². The molecule has 2 fully saturated rings. The molecule has 0 spiro atoms. The quantitative estimate of drug-likeness (QED) is 0.0118. The second-order valence-corrected chi connectivity index (χ2v) is 31.7. The molecule has 0 radical (unpaired) electrons. The molecule has 22 heteroatoms. The first-order valence-corrected chi connectivity index (χ1v) is 43.8. The van der Waals surface area contributed by atoms with E-state index in [9.17, 15) is 63.9 Å². The summed E-state index contributed by atoms with van der Waals surface area (Å²) < 4.78 is 49.2. The van der Waals surface area contributed by atoms with E-state index in [2.05, 4.69) is 45.3 Å². The molecule has 2 amide bonds. The van der Waals surface area contributed by atoms with Crippen molar-refractivity contribution in [2.24, 2.45) is 5.92 Å². The summed E-state index contributed by atoms with van der Waals surface area (Å²) in [5.41, 5.74) is 0. The molecular formula is C81H153N2O19P. The zero-order chi connectivity index (χ0) is 75.6. The van der Waals surface area contributed by atoms with Crippen LogP contribution in [0.3, 0.4) is 0 Å². The minimum Gasteiger partial charge on any atom is -0.462 e. The highest BCUT2D eigenvalue weighted by molar-refractivity contribution is 7.46. The van der Waals surface area contributed by atoms with E-state index in [1.54, 1.807) is 0 Å². The third-order valence-corrected chi connectivity index (χ3v) is 21.4. The Balaban J connectivity index is 2.53. The van der Waals surface area contributed by atoms with Gasteiger partial charge in [0.2, 0.25) is 11.8 Å². The Morgan fingerprint density at radius 2 is 0.786 bits per heavy atom. The van der Waals surface area contributed by atoms with Crippen molar-refractivity contribution in [1.29, 1.82) is 0 Å². The number of rotatable bonds is 69. The van der Waals surface area contributed by atoms with E-state index >= 15 is 0 Å². The van der Waals surface area contributed by atoms with Gasteiger partial charge in [-0.05, 0) is 51.4 Å². The molecule has 606 valence electrons. The number of hydrogen-bond acceptors (Lipinski definition) is 17. The average molecular weight is 1490 g/mol. The molecule has 0 aromatic carbocycles. The van der Waals surface area contributed by atoms with Gasteiger partial charge in [-0.3, -0.25) is 28.5 Å². The van der Waals surface area contributed by atoms with E-state index in [0.29, 0.717) is 44.9 Å². The summed E-state index contributed by atoms with van der Waals surface area (Å²) in [6, 6.07) is -3.06. The van der Waals surface area contributed by atoms with Crippen molar-refractivity contribution in [3.63, 3.8) is 0 Å². The number of amides is 2. The van der Waals surface area contributed by atoms with E-state index in [1.165, 1.54) is 122 Å². The molecule has 2 rings (SSSR count). The minimum absolute atomic E-state index is 0.146. The number of ether oxygens (including phenoxy) is 5. The van der Waals surface area contributed by atoms with E-state index in [0.717, 1.165) is 154 Å². The monoisotopic (exact) mass is 1490 g/mol. The molecule has 21 nitrogen and oxygen atoms in total. The van der Waals surface area contributed by atoms with Crippen LogP contribution in [0.1, 0.15) is 394 Å². The fourth-order valence-corrected chi connectivity index (χ4v) is 15.2. The number of carbonyl (C=O) groups excluding carboxylic acids is 5. The molecule has 0 bridgehead atoms. The number of carbonyl (C=O) groups is 5. The molecule has 103 heavy (non-hydrogen) atoms. The van der Waals surface area contributed by atoms with Crippen LogP contribution in [0.25, 0.3) is 0 Å². The predicted molar refractivity (Wildman–Crippen MR) is 407 cm³/mol. The van der Waals surface area contributed by atoms with Crippen molar-refractivity contribution in [2.45, 2.75) is 467 Å². The highest BCUT2D eigenvalue weighted by Gasteiger charge is 2.52. The van der Waals surface area contributed by atoms with Crippen molar-refractivity contribution < 1.29 is 92.1 Å². The second kappa shape index (κ2) is 63.0. The lowest BCUT2D eigenvalue weighted by atomic mass is 9.79. The van der Waals surface area contributed by atoms with Crippen LogP contribution in [-0.4, -0.2) is 152 Å². The summed E-state index contributed by atoms with van der Waals surface area (Å²) in [4.78, 5) is 91.1. The molecule has 13 atom stereocenters. The number of esters is 3. The molecule has 1 heterocycles. The Morgan fingerprint density at radius 3 is 1.17 bits per heavy atom. The topological polar surface area (TPSA) is 323 Å². The number of phosphoric ester groups is 1. The Kier molecular flexibility index (Phi) is 58.9. The van der Waals surface area contributed by atoms with Gasteiger partial charge in [0.05, 0.1) is 44.1 Å². The zero-order valence-corrected chi connectivity index (χ0v) is 66.4. The number of phosphoric acid groups is 1. The summed E-state index contributed by atoms with van der Waals surface area (Å²) in [6.45, 7) is 9.54. The van der Waals surface area contributed by atoms with Gasteiger partial charge in [-0.25, -0.2) is 4.57 Å². The van der Waals surface area contributed by atoms with Crippen LogP contribution in [0, 0.1) is 5.92 Å². The first-order valence-electron chi connectivity index (χ1n) is 42.3. The normalized spacial score (nSPS) is 21.6. The van der Waals surface area contributed by atoms with Crippen LogP contribution in [0.2, 0.25) is 0 Å². The second-order valence-electron chi connectivity index (χ2n) is 30.5. The van der Waals surface area contributed by atoms with E-state index in [1.807, 2.05) is 0 Å². The Bertz CT molecular complexity index is 2140. The molecule has 0 aromatic rings. The molecule has 1 saturated heterocycles. The fraction of sp³-hybridized carbons (Fsp3) is 0.938. The van der Waals surface area contributed by atoms with E-state index < -0.39 is 136 Å². The van der Waals surface area contributed by atoms with E-state index in [-0.39, 0.29) is 32.1 Å². The third kappa shape index (κ3) is 49.1. The van der Waals surface area contributed by atoms with Crippen molar-refractivity contribution in [2.75, 3.05) is 13.2 Å². The van der Waals surface area contributed by atoms with Crippen LogP contribution in [0.4, 0.5) is 0 Å². The van der Waals surface area contributed by atoms with E-state index in [4.69, 9.17) is 28.2 Å². The lowest BCUT2D eigenvalue weighted by Gasteiger charge is -2.46. The fourth-order valence-electron chi connectivity index (χ4n) is 14.6. The lowest BCUT2D eigenvalue weighted by Crippen LogP contribution is -2.66. The number of hydrogen-bond donors (Lipinski definition) is 9.